The van der Waals surface area contributed by atoms with Crippen LogP contribution in [-0.2, 0) is 6.42 Å². The molecule has 1 saturated heterocycles. The van der Waals surface area contributed by atoms with E-state index >= 15 is 0 Å². The number of methoxy groups -OCH3 is 1. The summed E-state index contributed by atoms with van der Waals surface area (Å²) in [5.74, 6) is 1.03. The van der Waals surface area contributed by atoms with Crippen molar-refractivity contribution >= 4 is 12.4 Å². The minimum atomic E-state index is 0. The molecular weight excluding hydrogens is 246 g/mol. The van der Waals surface area contributed by atoms with Gasteiger partial charge in [0, 0.05) is 6.04 Å². The van der Waals surface area contributed by atoms with E-state index in [1.165, 1.54) is 42.5 Å². The lowest BCUT2D eigenvalue weighted by Gasteiger charge is -2.24. The molecule has 1 N–H and O–H groups in total. The number of piperidine rings is 1. The van der Waals surface area contributed by atoms with Crippen LogP contribution in [-0.4, -0.2) is 19.7 Å². The van der Waals surface area contributed by atoms with E-state index in [0.717, 1.165) is 12.2 Å². The van der Waals surface area contributed by atoms with Crippen molar-refractivity contribution in [2.75, 3.05) is 13.7 Å². The summed E-state index contributed by atoms with van der Waals surface area (Å²) in [4.78, 5) is 0. The van der Waals surface area contributed by atoms with Crippen molar-refractivity contribution in [1.29, 1.82) is 0 Å². The third-order valence-electron chi connectivity index (χ3n) is 3.62. The monoisotopic (exact) mass is 269 g/mol. The molecule has 0 radical (unpaired) electrons. The fourth-order valence-electron chi connectivity index (χ4n) is 2.86. The summed E-state index contributed by atoms with van der Waals surface area (Å²) in [5, 5.41) is 3.60. The summed E-state index contributed by atoms with van der Waals surface area (Å²) in [6.07, 6.45) is 5.15. The predicted octanol–water partition coefficient (Wildman–Crippen LogP) is 3.42. The molecule has 0 unspecified atom stereocenters. The lowest BCUT2D eigenvalue weighted by molar-refractivity contribution is 0.397. The van der Waals surface area contributed by atoms with Crippen molar-refractivity contribution in [1.82, 2.24) is 5.32 Å². The van der Waals surface area contributed by atoms with E-state index in [1.807, 2.05) is 0 Å². The van der Waals surface area contributed by atoms with Crippen LogP contribution in [0.4, 0.5) is 0 Å². The van der Waals surface area contributed by atoms with Crippen molar-refractivity contribution in [3.63, 3.8) is 0 Å². The molecule has 1 heterocycles. The van der Waals surface area contributed by atoms with Crippen molar-refractivity contribution in [2.45, 2.75) is 45.6 Å². The summed E-state index contributed by atoms with van der Waals surface area (Å²) in [6.45, 7) is 5.44. The van der Waals surface area contributed by atoms with Crippen LogP contribution in [0.1, 0.15) is 36.0 Å². The summed E-state index contributed by atoms with van der Waals surface area (Å²) < 4.78 is 5.41. The maximum atomic E-state index is 5.41. The Morgan fingerprint density at radius 2 is 1.89 bits per heavy atom. The normalized spacial score (nSPS) is 19.2. The largest absolute Gasteiger partial charge is 0.496 e. The minimum absolute atomic E-state index is 0. The summed E-state index contributed by atoms with van der Waals surface area (Å²) in [6, 6.07) is 5.19. The molecule has 2 nitrogen and oxygen atoms in total. The maximum Gasteiger partial charge on any atom is 0.124 e. The van der Waals surface area contributed by atoms with E-state index in [-0.39, 0.29) is 12.4 Å². The second-order valence-corrected chi connectivity index (χ2v) is 5.11. The highest BCUT2D eigenvalue weighted by molar-refractivity contribution is 5.85. The summed E-state index contributed by atoms with van der Waals surface area (Å²) >= 11 is 0. The summed E-state index contributed by atoms with van der Waals surface area (Å²) in [7, 11) is 1.75. The zero-order valence-corrected chi connectivity index (χ0v) is 12.4. The lowest BCUT2D eigenvalue weighted by atomic mass is 9.95. The van der Waals surface area contributed by atoms with Gasteiger partial charge in [0.25, 0.3) is 0 Å². The van der Waals surface area contributed by atoms with Crippen LogP contribution in [0.5, 0.6) is 5.75 Å². The van der Waals surface area contributed by atoms with Crippen LogP contribution in [0, 0.1) is 13.8 Å². The number of halogens is 1. The molecule has 0 amide bonds. The van der Waals surface area contributed by atoms with Crippen molar-refractivity contribution in [2.24, 2.45) is 0 Å². The first-order valence-corrected chi connectivity index (χ1v) is 6.58. The molecule has 1 aromatic rings. The molecule has 0 aliphatic carbocycles. The highest BCUT2D eigenvalue weighted by atomic mass is 35.5. The maximum absolute atomic E-state index is 5.41. The van der Waals surface area contributed by atoms with Gasteiger partial charge >= 0.3 is 0 Å². The van der Waals surface area contributed by atoms with Crippen LogP contribution in [0.3, 0.4) is 0 Å². The van der Waals surface area contributed by atoms with E-state index in [9.17, 15) is 0 Å². The number of benzene rings is 1. The molecule has 0 saturated carbocycles. The zero-order valence-electron chi connectivity index (χ0n) is 11.6. The van der Waals surface area contributed by atoms with E-state index in [1.54, 1.807) is 7.11 Å². The second-order valence-electron chi connectivity index (χ2n) is 5.11. The molecule has 2 rings (SSSR count). The number of hydrogen-bond donors (Lipinski definition) is 1. The van der Waals surface area contributed by atoms with Crippen LogP contribution in [0.25, 0.3) is 0 Å². The van der Waals surface area contributed by atoms with Gasteiger partial charge in [0.15, 0.2) is 0 Å². The quantitative estimate of drug-likeness (QED) is 0.908. The Hall–Kier alpha value is -0.730. The molecule has 3 heteroatoms. The Morgan fingerprint density at radius 3 is 2.39 bits per heavy atom. The average Bonchev–Trinajstić information content (AvgIpc) is 2.30. The molecular formula is C15H24ClNO. The van der Waals surface area contributed by atoms with Gasteiger partial charge in [-0.3, -0.25) is 0 Å². The Kier molecular flexibility index (Phi) is 5.97. The zero-order chi connectivity index (χ0) is 12.3. The van der Waals surface area contributed by atoms with Crippen LogP contribution in [0.15, 0.2) is 12.1 Å². The molecule has 1 aliphatic heterocycles. The van der Waals surface area contributed by atoms with Gasteiger partial charge < -0.3 is 10.1 Å². The van der Waals surface area contributed by atoms with Gasteiger partial charge in [0.2, 0.25) is 0 Å². The SMILES string of the molecule is COc1c(C)cc(C[C@H]2CCCCN2)cc1C.Cl. The van der Waals surface area contributed by atoms with Gasteiger partial charge in [-0.15, -0.1) is 12.4 Å². The van der Waals surface area contributed by atoms with Crippen LogP contribution < -0.4 is 10.1 Å². The smallest absolute Gasteiger partial charge is 0.124 e. The lowest BCUT2D eigenvalue weighted by Crippen LogP contribution is -2.35. The van der Waals surface area contributed by atoms with Crippen LogP contribution >= 0.6 is 12.4 Å². The molecule has 1 aromatic carbocycles. The van der Waals surface area contributed by atoms with Crippen molar-refractivity contribution in [3.8, 4) is 5.75 Å². The Labute approximate surface area is 117 Å². The summed E-state index contributed by atoms with van der Waals surface area (Å²) in [5.41, 5.74) is 3.93. The molecule has 18 heavy (non-hydrogen) atoms. The first-order chi connectivity index (χ1) is 8.20. The minimum Gasteiger partial charge on any atom is -0.496 e. The molecule has 0 aromatic heterocycles. The van der Waals surface area contributed by atoms with Gasteiger partial charge in [-0.25, -0.2) is 0 Å². The second kappa shape index (κ2) is 7.01. The Balaban J connectivity index is 0.00000162. The Bertz CT molecular complexity index is 363. The number of nitrogens with one attached hydrogen (secondary N) is 1. The first-order valence-electron chi connectivity index (χ1n) is 6.58. The number of aryl methyl sites for hydroxylation is 2. The highest BCUT2D eigenvalue weighted by Crippen LogP contribution is 2.25. The number of ether oxygens (including phenoxy) is 1. The van der Waals surface area contributed by atoms with Gasteiger partial charge in [-0.2, -0.15) is 0 Å². The van der Waals surface area contributed by atoms with E-state index in [2.05, 4.69) is 31.3 Å². The Morgan fingerprint density at radius 1 is 1.22 bits per heavy atom. The third-order valence-corrected chi connectivity index (χ3v) is 3.62. The predicted molar refractivity (Wildman–Crippen MR) is 79.1 cm³/mol. The molecule has 0 spiro atoms. The molecule has 1 atom stereocenters. The van der Waals surface area contributed by atoms with Crippen LogP contribution in [0.2, 0.25) is 0 Å². The van der Waals surface area contributed by atoms with Crippen molar-refractivity contribution < 1.29 is 4.74 Å². The van der Waals surface area contributed by atoms with E-state index in [4.69, 9.17) is 4.74 Å². The molecule has 1 aliphatic rings. The van der Waals surface area contributed by atoms with Gasteiger partial charge in [0.05, 0.1) is 7.11 Å². The standard InChI is InChI=1S/C15H23NO.ClH/c1-11-8-13(9-12(2)15(11)17-3)10-14-6-4-5-7-16-14;/h8-9,14,16H,4-7,10H2,1-3H3;1H/t14-;/m1./s1. The first kappa shape index (κ1) is 15.3. The number of hydrogen-bond acceptors (Lipinski definition) is 2. The van der Waals surface area contributed by atoms with Crippen molar-refractivity contribution in [3.05, 3.63) is 28.8 Å². The highest BCUT2D eigenvalue weighted by Gasteiger charge is 2.14. The van der Waals surface area contributed by atoms with E-state index in [0.29, 0.717) is 6.04 Å². The molecule has 0 bridgehead atoms. The molecule has 1 fully saturated rings. The number of rotatable bonds is 3. The van der Waals surface area contributed by atoms with Gasteiger partial charge in [-0.1, -0.05) is 18.6 Å². The fraction of sp³-hybridized carbons (Fsp3) is 0.600. The van der Waals surface area contributed by atoms with E-state index < -0.39 is 0 Å². The van der Waals surface area contributed by atoms with Gasteiger partial charge in [-0.05, 0) is 56.3 Å². The topological polar surface area (TPSA) is 21.3 Å². The average molecular weight is 270 g/mol. The van der Waals surface area contributed by atoms with Gasteiger partial charge in [0.1, 0.15) is 5.75 Å². The fourth-order valence-corrected chi connectivity index (χ4v) is 2.86. The third kappa shape index (κ3) is 3.63. The molecule has 102 valence electrons.